The van der Waals surface area contributed by atoms with E-state index in [0.29, 0.717) is 5.56 Å². The molecule has 0 aliphatic heterocycles. The molecule has 2 aromatic carbocycles. The molecule has 2 heteroatoms. The van der Waals surface area contributed by atoms with Gasteiger partial charge in [-0.3, -0.25) is 0 Å². The molecule has 0 nitrogen and oxygen atoms in total. The smallest absolute Gasteiger partial charge is 0.126 e. The Morgan fingerprint density at radius 3 is 2.15 bits per heavy atom. The fourth-order valence-corrected chi connectivity index (χ4v) is 2.77. The Morgan fingerprint density at radius 2 is 1.60 bits per heavy atom. The third kappa shape index (κ3) is 2.88. The minimum Gasteiger partial charge on any atom is -0.207 e. The standard InChI is InChI=1S/C18H20ClF/c1-11-6-7-13(9-17(11)20)14-10-16(19)15(8-12(14)2)18(3,4)5/h6-10H,1-5H3. The van der Waals surface area contributed by atoms with E-state index < -0.39 is 0 Å². The van der Waals surface area contributed by atoms with Crippen LogP contribution >= 0.6 is 11.6 Å². The molecule has 0 unspecified atom stereocenters. The van der Waals surface area contributed by atoms with Gasteiger partial charge in [0.25, 0.3) is 0 Å². The number of rotatable bonds is 1. The van der Waals surface area contributed by atoms with Crippen molar-refractivity contribution in [3.8, 4) is 11.1 Å². The van der Waals surface area contributed by atoms with Crippen LogP contribution in [0.1, 0.15) is 37.5 Å². The third-order valence-corrected chi connectivity index (χ3v) is 3.92. The van der Waals surface area contributed by atoms with Crippen LogP contribution in [0, 0.1) is 19.7 Å². The minimum absolute atomic E-state index is 0.00109. The molecule has 0 heterocycles. The predicted molar refractivity (Wildman–Crippen MR) is 85.0 cm³/mol. The Balaban J connectivity index is 2.59. The van der Waals surface area contributed by atoms with Crippen LogP contribution in [0.3, 0.4) is 0 Å². The second-order valence-corrected chi connectivity index (χ2v) is 6.77. The number of hydrogen-bond donors (Lipinski definition) is 0. The molecule has 20 heavy (non-hydrogen) atoms. The van der Waals surface area contributed by atoms with E-state index in [4.69, 9.17) is 11.6 Å². The first kappa shape index (κ1) is 15.1. The lowest BCUT2D eigenvalue weighted by Crippen LogP contribution is -2.12. The molecule has 2 aromatic rings. The van der Waals surface area contributed by atoms with Crippen molar-refractivity contribution >= 4 is 11.6 Å². The molecular weight excluding hydrogens is 271 g/mol. The summed E-state index contributed by atoms with van der Waals surface area (Å²) in [6.07, 6.45) is 0. The molecule has 0 saturated carbocycles. The van der Waals surface area contributed by atoms with Gasteiger partial charge in [-0.2, -0.15) is 0 Å². The van der Waals surface area contributed by atoms with Gasteiger partial charge in [-0.25, -0.2) is 4.39 Å². The molecule has 0 aliphatic carbocycles. The summed E-state index contributed by atoms with van der Waals surface area (Å²) in [6, 6.07) is 9.37. The summed E-state index contributed by atoms with van der Waals surface area (Å²) in [4.78, 5) is 0. The molecule has 0 aromatic heterocycles. The normalized spacial score (nSPS) is 11.8. The molecule has 0 radical (unpaired) electrons. The molecule has 0 spiro atoms. The fourth-order valence-electron chi connectivity index (χ4n) is 2.33. The lowest BCUT2D eigenvalue weighted by atomic mass is 9.84. The van der Waals surface area contributed by atoms with Crippen molar-refractivity contribution in [2.75, 3.05) is 0 Å². The van der Waals surface area contributed by atoms with Gasteiger partial charge in [-0.05, 0) is 59.2 Å². The zero-order valence-electron chi connectivity index (χ0n) is 12.6. The largest absolute Gasteiger partial charge is 0.207 e. The van der Waals surface area contributed by atoms with Crippen LogP contribution in [0.15, 0.2) is 30.3 Å². The molecule has 0 atom stereocenters. The Morgan fingerprint density at radius 1 is 0.950 bits per heavy atom. The number of halogens is 2. The number of benzene rings is 2. The summed E-state index contributed by atoms with van der Waals surface area (Å²) in [7, 11) is 0. The summed E-state index contributed by atoms with van der Waals surface area (Å²) >= 11 is 6.41. The van der Waals surface area contributed by atoms with Gasteiger partial charge in [-0.15, -0.1) is 0 Å². The number of hydrogen-bond acceptors (Lipinski definition) is 0. The molecule has 0 bridgehead atoms. The van der Waals surface area contributed by atoms with Gasteiger partial charge in [0.15, 0.2) is 0 Å². The minimum atomic E-state index is -0.182. The van der Waals surface area contributed by atoms with E-state index in [0.717, 1.165) is 27.3 Å². The van der Waals surface area contributed by atoms with Gasteiger partial charge in [0.2, 0.25) is 0 Å². The number of aryl methyl sites for hydroxylation is 2. The highest BCUT2D eigenvalue weighted by Crippen LogP contribution is 2.35. The van der Waals surface area contributed by atoms with E-state index in [-0.39, 0.29) is 11.2 Å². The van der Waals surface area contributed by atoms with Gasteiger partial charge in [0, 0.05) is 5.02 Å². The SMILES string of the molecule is Cc1ccc(-c2cc(Cl)c(C(C)(C)C)cc2C)cc1F. The van der Waals surface area contributed by atoms with Crippen molar-refractivity contribution in [3.63, 3.8) is 0 Å². The van der Waals surface area contributed by atoms with Crippen LogP contribution in [-0.4, -0.2) is 0 Å². The van der Waals surface area contributed by atoms with Crippen LogP contribution in [0.25, 0.3) is 11.1 Å². The van der Waals surface area contributed by atoms with Crippen molar-refractivity contribution in [2.24, 2.45) is 0 Å². The van der Waals surface area contributed by atoms with Crippen LogP contribution in [0.2, 0.25) is 5.02 Å². The Labute approximate surface area is 125 Å². The van der Waals surface area contributed by atoms with E-state index >= 15 is 0 Å². The van der Waals surface area contributed by atoms with E-state index in [2.05, 4.69) is 26.8 Å². The van der Waals surface area contributed by atoms with Gasteiger partial charge >= 0.3 is 0 Å². The van der Waals surface area contributed by atoms with Gasteiger partial charge in [0.1, 0.15) is 5.82 Å². The molecule has 0 amide bonds. The summed E-state index contributed by atoms with van der Waals surface area (Å²) in [5, 5.41) is 0.735. The lowest BCUT2D eigenvalue weighted by Gasteiger charge is -2.22. The van der Waals surface area contributed by atoms with Crippen LogP contribution in [-0.2, 0) is 5.41 Å². The highest BCUT2D eigenvalue weighted by molar-refractivity contribution is 6.31. The van der Waals surface area contributed by atoms with Crippen molar-refractivity contribution in [1.82, 2.24) is 0 Å². The quantitative estimate of drug-likeness (QED) is 0.599. The topological polar surface area (TPSA) is 0 Å². The van der Waals surface area contributed by atoms with Gasteiger partial charge in [0.05, 0.1) is 0 Å². The summed E-state index contributed by atoms with van der Waals surface area (Å²) in [5.74, 6) is -0.182. The molecule has 0 saturated heterocycles. The van der Waals surface area contributed by atoms with E-state index in [1.807, 2.05) is 19.1 Å². The maximum Gasteiger partial charge on any atom is 0.126 e. The molecule has 2 rings (SSSR count). The van der Waals surface area contributed by atoms with E-state index in [1.54, 1.807) is 19.1 Å². The Hall–Kier alpha value is -1.34. The maximum absolute atomic E-state index is 13.7. The molecule has 0 fully saturated rings. The lowest BCUT2D eigenvalue weighted by molar-refractivity contribution is 0.590. The molecular formula is C18H20ClF. The zero-order chi connectivity index (χ0) is 15.1. The molecule has 106 valence electrons. The van der Waals surface area contributed by atoms with Crippen molar-refractivity contribution in [2.45, 2.75) is 40.0 Å². The zero-order valence-corrected chi connectivity index (χ0v) is 13.4. The Bertz CT molecular complexity index is 651. The average Bonchev–Trinajstić information content (AvgIpc) is 2.34. The van der Waals surface area contributed by atoms with Crippen molar-refractivity contribution in [1.29, 1.82) is 0 Å². The van der Waals surface area contributed by atoms with Gasteiger partial charge < -0.3 is 0 Å². The van der Waals surface area contributed by atoms with Crippen molar-refractivity contribution < 1.29 is 4.39 Å². The first-order valence-electron chi connectivity index (χ1n) is 6.77. The highest BCUT2D eigenvalue weighted by atomic mass is 35.5. The maximum atomic E-state index is 13.7. The molecule has 0 N–H and O–H groups in total. The monoisotopic (exact) mass is 290 g/mol. The molecule has 0 aliphatic rings. The van der Waals surface area contributed by atoms with Crippen molar-refractivity contribution in [3.05, 3.63) is 57.9 Å². The average molecular weight is 291 g/mol. The van der Waals surface area contributed by atoms with Crippen LogP contribution in [0.4, 0.5) is 4.39 Å². The summed E-state index contributed by atoms with van der Waals surface area (Å²) in [6.45, 7) is 10.2. The fraction of sp³-hybridized carbons (Fsp3) is 0.333. The van der Waals surface area contributed by atoms with Crippen LogP contribution in [0.5, 0.6) is 0 Å². The third-order valence-electron chi connectivity index (χ3n) is 3.60. The van der Waals surface area contributed by atoms with Gasteiger partial charge in [-0.1, -0.05) is 50.6 Å². The highest BCUT2D eigenvalue weighted by Gasteiger charge is 2.19. The van der Waals surface area contributed by atoms with E-state index in [9.17, 15) is 4.39 Å². The van der Waals surface area contributed by atoms with Crippen LogP contribution < -0.4 is 0 Å². The van der Waals surface area contributed by atoms with E-state index in [1.165, 1.54) is 0 Å². The first-order valence-corrected chi connectivity index (χ1v) is 7.15. The Kier molecular flexibility index (Phi) is 3.93. The first-order chi connectivity index (χ1) is 9.20. The summed E-state index contributed by atoms with van der Waals surface area (Å²) in [5.41, 5.74) is 4.74. The predicted octanol–water partition coefficient (Wildman–Crippen LogP) is 6.06. The second-order valence-electron chi connectivity index (χ2n) is 6.36. The summed E-state index contributed by atoms with van der Waals surface area (Å²) < 4.78 is 13.7. The second kappa shape index (κ2) is 5.21.